The lowest BCUT2D eigenvalue weighted by molar-refractivity contribution is -0.0579. The molecule has 0 bridgehead atoms. The van der Waals surface area contributed by atoms with Crippen LogP contribution in [0.2, 0.25) is 5.02 Å². The first kappa shape index (κ1) is 21.4. The van der Waals surface area contributed by atoms with Gasteiger partial charge < -0.3 is 19.7 Å². The van der Waals surface area contributed by atoms with Gasteiger partial charge in [-0.25, -0.2) is 18.7 Å². The SMILES string of the molecule is C[C@H](Nc1nccc(N2C(O)OC[C@@H]2[C@H](C)F)n1)c1cn(-c2ccc(Cl)c(F)c2)cn1. The lowest BCUT2D eigenvalue weighted by Gasteiger charge is -2.27. The van der Waals surface area contributed by atoms with Crippen molar-refractivity contribution in [1.29, 1.82) is 0 Å². The molecule has 1 unspecified atom stereocenters. The molecule has 0 radical (unpaired) electrons. The molecule has 4 atom stereocenters. The topological polar surface area (TPSA) is 88.3 Å². The lowest BCUT2D eigenvalue weighted by atomic mass is 10.2. The summed E-state index contributed by atoms with van der Waals surface area (Å²) in [7, 11) is 0. The molecule has 8 nitrogen and oxygen atoms in total. The zero-order valence-electron chi connectivity index (χ0n) is 16.8. The summed E-state index contributed by atoms with van der Waals surface area (Å²) in [6.07, 6.45) is 2.34. The fraction of sp³-hybridized carbons (Fsp3) is 0.350. The molecule has 1 aromatic carbocycles. The first-order chi connectivity index (χ1) is 14.8. The molecule has 0 spiro atoms. The molecular formula is C20H21ClF2N6O2. The highest BCUT2D eigenvalue weighted by Gasteiger charge is 2.38. The van der Waals surface area contributed by atoms with Crippen molar-refractivity contribution in [1.82, 2.24) is 19.5 Å². The third-order valence-corrected chi connectivity index (χ3v) is 5.35. The molecular weight excluding hydrogens is 430 g/mol. The Balaban J connectivity index is 1.50. The number of aliphatic hydroxyl groups is 1. The number of rotatable bonds is 6. The number of alkyl halides is 1. The predicted octanol–water partition coefficient (Wildman–Crippen LogP) is 3.47. The Kier molecular flexibility index (Phi) is 6.03. The van der Waals surface area contributed by atoms with E-state index in [-0.39, 0.29) is 23.6 Å². The monoisotopic (exact) mass is 450 g/mol. The second-order valence-corrected chi connectivity index (χ2v) is 7.63. The van der Waals surface area contributed by atoms with Crippen molar-refractivity contribution >= 4 is 23.4 Å². The van der Waals surface area contributed by atoms with Crippen molar-refractivity contribution in [3.63, 3.8) is 0 Å². The number of halogens is 3. The van der Waals surface area contributed by atoms with Gasteiger partial charge in [-0.2, -0.15) is 4.98 Å². The van der Waals surface area contributed by atoms with Crippen molar-refractivity contribution in [3.8, 4) is 5.69 Å². The Morgan fingerprint density at radius 1 is 1.29 bits per heavy atom. The van der Waals surface area contributed by atoms with Crippen molar-refractivity contribution in [2.45, 2.75) is 38.5 Å². The number of ether oxygens (including phenoxy) is 1. The Morgan fingerprint density at radius 2 is 2.10 bits per heavy atom. The third kappa shape index (κ3) is 4.46. The summed E-state index contributed by atoms with van der Waals surface area (Å²) in [5.74, 6) is 0.104. The smallest absolute Gasteiger partial charge is 0.239 e. The second-order valence-electron chi connectivity index (χ2n) is 7.22. The largest absolute Gasteiger partial charge is 0.351 e. The summed E-state index contributed by atoms with van der Waals surface area (Å²) in [6, 6.07) is 5.13. The van der Waals surface area contributed by atoms with Gasteiger partial charge >= 0.3 is 0 Å². The number of hydrogen-bond donors (Lipinski definition) is 2. The Bertz CT molecular complexity index is 1070. The van der Waals surface area contributed by atoms with E-state index in [1.54, 1.807) is 29.2 Å². The summed E-state index contributed by atoms with van der Waals surface area (Å²) < 4.78 is 34.5. The van der Waals surface area contributed by atoms with E-state index in [0.29, 0.717) is 17.2 Å². The number of aliphatic hydroxyl groups excluding tert-OH is 1. The standard InChI is InChI=1S/C20H21ClF2N6O2/c1-11(22)17-9-31-20(30)29(17)18-5-6-24-19(27-18)26-12(2)16-8-28(10-25-16)13-3-4-14(21)15(23)7-13/h3-8,10-12,17,20,30H,9H2,1-2H3,(H,24,26,27)/t11-,12-,17+,20?/m0/s1. The van der Waals surface area contributed by atoms with E-state index < -0.39 is 24.4 Å². The van der Waals surface area contributed by atoms with Crippen LogP contribution in [0.25, 0.3) is 5.69 Å². The van der Waals surface area contributed by atoms with Crippen LogP contribution in [0, 0.1) is 5.82 Å². The first-order valence-corrected chi connectivity index (χ1v) is 10.0. The molecule has 0 amide bonds. The molecule has 3 heterocycles. The first-order valence-electron chi connectivity index (χ1n) is 9.64. The van der Waals surface area contributed by atoms with Gasteiger partial charge in [0.15, 0.2) is 0 Å². The van der Waals surface area contributed by atoms with Gasteiger partial charge in [-0.3, -0.25) is 4.90 Å². The number of benzene rings is 1. The minimum atomic E-state index is -1.28. The Hall–Kier alpha value is -2.82. The van der Waals surface area contributed by atoms with Gasteiger partial charge in [-0.1, -0.05) is 11.6 Å². The summed E-state index contributed by atoms with van der Waals surface area (Å²) in [5, 5.41) is 13.2. The quantitative estimate of drug-likeness (QED) is 0.594. The van der Waals surface area contributed by atoms with E-state index in [1.807, 2.05) is 6.92 Å². The van der Waals surface area contributed by atoms with Gasteiger partial charge in [0, 0.05) is 18.1 Å². The van der Waals surface area contributed by atoms with Crippen molar-refractivity contribution < 1.29 is 18.6 Å². The molecule has 4 rings (SSSR count). The minimum absolute atomic E-state index is 0.0501. The van der Waals surface area contributed by atoms with Crippen LogP contribution in [0.4, 0.5) is 20.5 Å². The maximum Gasteiger partial charge on any atom is 0.239 e. The third-order valence-electron chi connectivity index (χ3n) is 5.04. The van der Waals surface area contributed by atoms with Gasteiger partial charge in [-0.15, -0.1) is 0 Å². The molecule has 11 heteroatoms. The molecule has 1 aliphatic heterocycles. The molecule has 1 saturated heterocycles. The Morgan fingerprint density at radius 3 is 2.84 bits per heavy atom. The van der Waals surface area contributed by atoms with Crippen LogP contribution in [0.5, 0.6) is 0 Å². The van der Waals surface area contributed by atoms with Crippen molar-refractivity contribution in [2.75, 3.05) is 16.8 Å². The van der Waals surface area contributed by atoms with Crippen LogP contribution in [0.1, 0.15) is 25.6 Å². The predicted molar refractivity (Wildman–Crippen MR) is 111 cm³/mol. The summed E-state index contributed by atoms with van der Waals surface area (Å²) in [5.41, 5.74) is 1.25. The highest BCUT2D eigenvalue weighted by Crippen LogP contribution is 2.27. The lowest BCUT2D eigenvalue weighted by Crippen LogP contribution is -2.42. The zero-order chi connectivity index (χ0) is 22.1. The van der Waals surface area contributed by atoms with E-state index in [2.05, 4.69) is 20.3 Å². The molecule has 0 aliphatic carbocycles. The molecule has 2 aromatic heterocycles. The van der Waals surface area contributed by atoms with Crippen LogP contribution < -0.4 is 10.2 Å². The van der Waals surface area contributed by atoms with E-state index in [9.17, 15) is 13.9 Å². The summed E-state index contributed by atoms with van der Waals surface area (Å²) in [6.45, 7) is 3.33. The fourth-order valence-corrected chi connectivity index (χ4v) is 3.44. The molecule has 1 fully saturated rings. The van der Waals surface area contributed by atoms with Gasteiger partial charge in [-0.05, 0) is 38.1 Å². The minimum Gasteiger partial charge on any atom is -0.351 e. The number of imidazole rings is 1. The molecule has 0 saturated carbocycles. The van der Waals surface area contributed by atoms with Crippen LogP contribution in [-0.2, 0) is 4.74 Å². The molecule has 31 heavy (non-hydrogen) atoms. The van der Waals surface area contributed by atoms with Gasteiger partial charge in [0.2, 0.25) is 12.4 Å². The maximum atomic E-state index is 13.9. The molecule has 3 aromatic rings. The number of hydrogen-bond acceptors (Lipinski definition) is 7. The van der Waals surface area contributed by atoms with E-state index >= 15 is 0 Å². The van der Waals surface area contributed by atoms with Gasteiger partial charge in [0.1, 0.15) is 17.8 Å². The second kappa shape index (κ2) is 8.74. The number of anilines is 2. The van der Waals surface area contributed by atoms with Crippen LogP contribution in [0.3, 0.4) is 0 Å². The van der Waals surface area contributed by atoms with Crippen LogP contribution in [-0.4, -0.2) is 49.9 Å². The zero-order valence-corrected chi connectivity index (χ0v) is 17.5. The maximum absolute atomic E-state index is 13.9. The fourth-order valence-electron chi connectivity index (χ4n) is 3.32. The van der Waals surface area contributed by atoms with Crippen molar-refractivity contribution in [3.05, 3.63) is 59.5 Å². The molecule has 1 aliphatic rings. The molecule has 164 valence electrons. The van der Waals surface area contributed by atoms with Gasteiger partial charge in [0.05, 0.1) is 35.7 Å². The van der Waals surface area contributed by atoms with Crippen molar-refractivity contribution in [2.24, 2.45) is 0 Å². The van der Waals surface area contributed by atoms with Crippen LogP contribution in [0.15, 0.2) is 43.0 Å². The molecule has 2 N–H and O–H groups in total. The number of nitrogens with one attached hydrogen (secondary N) is 1. The van der Waals surface area contributed by atoms with Crippen LogP contribution >= 0.6 is 11.6 Å². The summed E-state index contributed by atoms with van der Waals surface area (Å²) in [4.78, 5) is 14.3. The average Bonchev–Trinajstić information content (AvgIpc) is 3.37. The van der Waals surface area contributed by atoms with Gasteiger partial charge in [0.25, 0.3) is 0 Å². The normalized spacial score (nSPS) is 20.6. The van der Waals surface area contributed by atoms with E-state index in [1.165, 1.54) is 30.2 Å². The van der Waals surface area contributed by atoms with E-state index in [4.69, 9.17) is 16.3 Å². The highest BCUT2D eigenvalue weighted by atomic mass is 35.5. The Labute approximate surface area is 182 Å². The van der Waals surface area contributed by atoms with E-state index in [0.717, 1.165) is 0 Å². The average molecular weight is 451 g/mol. The number of nitrogens with zero attached hydrogens (tertiary/aromatic N) is 5. The number of aromatic nitrogens is 4. The summed E-state index contributed by atoms with van der Waals surface area (Å²) >= 11 is 5.74. The highest BCUT2D eigenvalue weighted by molar-refractivity contribution is 6.30.